The fourth-order valence-electron chi connectivity index (χ4n) is 9.29. The summed E-state index contributed by atoms with van der Waals surface area (Å²) in [5.74, 6) is 1.81. The second-order valence-electron chi connectivity index (χ2n) is 15.3. The third kappa shape index (κ3) is 5.32. The Hall–Kier alpha value is -8.08. The van der Waals surface area contributed by atoms with Crippen LogP contribution in [0.2, 0.25) is 0 Å². The number of fused-ring (bicyclic) bond motifs is 5. The van der Waals surface area contributed by atoms with Crippen molar-refractivity contribution >= 4 is 54.4 Å². The van der Waals surface area contributed by atoms with E-state index in [1.807, 2.05) is 0 Å². The minimum atomic E-state index is 0.904. The number of nitrogens with zero attached hydrogens (tertiary/aromatic N) is 4. The Labute approximate surface area is 346 Å². The number of hydrogen-bond donors (Lipinski definition) is 0. The highest BCUT2D eigenvalue weighted by molar-refractivity contribution is 6.22. The Bertz CT molecular complexity index is 3410. The van der Waals surface area contributed by atoms with E-state index in [0.29, 0.717) is 0 Å². The predicted octanol–water partition coefficient (Wildman–Crippen LogP) is 14.5. The molecule has 0 fully saturated rings. The summed E-state index contributed by atoms with van der Waals surface area (Å²) in [5.41, 5.74) is 13.0. The van der Waals surface area contributed by atoms with Gasteiger partial charge in [0.05, 0.1) is 33.4 Å². The van der Waals surface area contributed by atoms with Crippen LogP contribution in [0.4, 0.5) is 0 Å². The molecule has 280 valence electrons. The summed E-state index contributed by atoms with van der Waals surface area (Å²) in [6.07, 6.45) is 0. The summed E-state index contributed by atoms with van der Waals surface area (Å²) in [7, 11) is 0. The molecule has 0 amide bonds. The van der Waals surface area contributed by atoms with Gasteiger partial charge < -0.3 is 0 Å². The zero-order chi connectivity index (χ0) is 39.6. The van der Waals surface area contributed by atoms with E-state index in [0.717, 1.165) is 67.0 Å². The molecule has 0 saturated carbocycles. The second-order valence-corrected chi connectivity index (χ2v) is 15.3. The van der Waals surface area contributed by atoms with Crippen LogP contribution in [-0.4, -0.2) is 19.1 Å². The largest absolute Gasteiger partial charge is 0.292 e. The molecule has 4 nitrogen and oxygen atoms in total. The monoisotopic (exact) mass is 764 g/mol. The summed E-state index contributed by atoms with van der Waals surface area (Å²) in [6, 6.07) is 78.2. The predicted molar refractivity (Wildman–Crippen MR) is 250 cm³/mol. The summed E-state index contributed by atoms with van der Waals surface area (Å²) in [5, 5.41) is 7.00. The minimum Gasteiger partial charge on any atom is -0.292 e. The van der Waals surface area contributed by atoms with Gasteiger partial charge in [-0.3, -0.25) is 9.13 Å². The van der Waals surface area contributed by atoms with E-state index in [-0.39, 0.29) is 0 Å². The molecular formula is C56H36N4. The van der Waals surface area contributed by atoms with E-state index >= 15 is 0 Å². The highest BCUT2D eigenvalue weighted by Gasteiger charge is 2.24. The molecular weight excluding hydrogens is 729 g/mol. The average Bonchev–Trinajstić information content (AvgIpc) is 3.91. The van der Waals surface area contributed by atoms with E-state index in [1.165, 1.54) is 43.8 Å². The minimum absolute atomic E-state index is 0.904. The third-order valence-corrected chi connectivity index (χ3v) is 11.9. The Morgan fingerprint density at radius 1 is 0.300 bits per heavy atom. The summed E-state index contributed by atoms with van der Waals surface area (Å²) >= 11 is 0. The first kappa shape index (κ1) is 34.0. The number of aromatic nitrogens is 4. The standard InChI is InChI=1S/C56H36N4/c1-4-18-37(19-5-1)42-35-34-38-20-10-11-25-41(38)53(42)54-43-26-16-32-49(59-51-30-14-12-28-47(51)57-55(59)39-21-6-2-7-22-39)45(43)36-46-44(54)27-17-33-50(46)60-52-31-15-13-29-48(52)58-56(60)40-23-8-3-9-24-40/h1-36H. The molecule has 0 bridgehead atoms. The van der Waals surface area contributed by atoms with E-state index in [2.05, 4.69) is 228 Å². The molecule has 4 heteroatoms. The van der Waals surface area contributed by atoms with Crippen LogP contribution >= 0.6 is 0 Å². The van der Waals surface area contributed by atoms with Crippen LogP contribution < -0.4 is 0 Å². The molecule has 0 spiro atoms. The maximum atomic E-state index is 5.29. The first-order valence-electron chi connectivity index (χ1n) is 20.4. The summed E-state index contributed by atoms with van der Waals surface area (Å²) in [6.45, 7) is 0. The topological polar surface area (TPSA) is 35.6 Å². The van der Waals surface area contributed by atoms with Crippen LogP contribution in [0.15, 0.2) is 218 Å². The van der Waals surface area contributed by atoms with Gasteiger partial charge >= 0.3 is 0 Å². The van der Waals surface area contributed by atoms with Gasteiger partial charge in [0.2, 0.25) is 0 Å². The molecule has 0 aliphatic carbocycles. The van der Waals surface area contributed by atoms with Crippen molar-refractivity contribution in [2.45, 2.75) is 0 Å². The lowest BCUT2D eigenvalue weighted by Gasteiger charge is -2.22. The lowest BCUT2D eigenvalue weighted by molar-refractivity contribution is 1.11. The highest BCUT2D eigenvalue weighted by atomic mass is 15.1. The molecule has 0 saturated heterocycles. The second kappa shape index (κ2) is 13.8. The van der Waals surface area contributed by atoms with E-state index in [9.17, 15) is 0 Å². The lowest BCUT2D eigenvalue weighted by Crippen LogP contribution is -2.02. The zero-order valence-electron chi connectivity index (χ0n) is 32.6. The smallest absolute Gasteiger partial charge is 0.145 e. The molecule has 0 radical (unpaired) electrons. The van der Waals surface area contributed by atoms with Crippen LogP contribution in [0.5, 0.6) is 0 Å². The molecule has 60 heavy (non-hydrogen) atoms. The van der Waals surface area contributed by atoms with Gasteiger partial charge in [0.15, 0.2) is 0 Å². The molecule has 0 aliphatic rings. The van der Waals surface area contributed by atoms with Crippen molar-refractivity contribution in [2.75, 3.05) is 0 Å². The zero-order valence-corrected chi connectivity index (χ0v) is 32.6. The van der Waals surface area contributed by atoms with Gasteiger partial charge in [-0.25, -0.2) is 9.97 Å². The maximum Gasteiger partial charge on any atom is 0.145 e. The molecule has 0 aliphatic heterocycles. The van der Waals surface area contributed by atoms with Crippen molar-refractivity contribution < 1.29 is 0 Å². The molecule has 0 N–H and O–H groups in total. The van der Waals surface area contributed by atoms with Gasteiger partial charge in [0.1, 0.15) is 11.6 Å². The van der Waals surface area contributed by atoms with Crippen molar-refractivity contribution in [3.8, 4) is 56.4 Å². The summed E-state index contributed by atoms with van der Waals surface area (Å²) < 4.78 is 4.71. The van der Waals surface area contributed by atoms with Crippen LogP contribution in [0.25, 0.3) is 111 Å². The van der Waals surface area contributed by atoms with E-state index in [4.69, 9.17) is 9.97 Å². The Balaban J connectivity index is 1.29. The average molecular weight is 765 g/mol. The van der Waals surface area contributed by atoms with Gasteiger partial charge in [-0.15, -0.1) is 0 Å². The Kier molecular flexibility index (Phi) is 7.82. The van der Waals surface area contributed by atoms with E-state index < -0.39 is 0 Å². The quantitative estimate of drug-likeness (QED) is 0.158. The van der Waals surface area contributed by atoms with Gasteiger partial charge in [0, 0.05) is 21.9 Å². The van der Waals surface area contributed by atoms with E-state index in [1.54, 1.807) is 0 Å². The first-order valence-corrected chi connectivity index (χ1v) is 20.4. The fraction of sp³-hybridized carbons (Fsp3) is 0. The Morgan fingerprint density at radius 2 is 0.750 bits per heavy atom. The van der Waals surface area contributed by atoms with Gasteiger partial charge in [-0.05, 0) is 86.3 Å². The molecule has 12 aromatic rings. The van der Waals surface area contributed by atoms with Crippen molar-refractivity contribution in [1.82, 2.24) is 19.1 Å². The number of benzene rings is 10. The van der Waals surface area contributed by atoms with Crippen LogP contribution in [0.3, 0.4) is 0 Å². The number of para-hydroxylation sites is 4. The van der Waals surface area contributed by atoms with Gasteiger partial charge in [-0.2, -0.15) is 0 Å². The number of imidazole rings is 2. The van der Waals surface area contributed by atoms with Crippen molar-refractivity contribution in [3.05, 3.63) is 218 Å². The lowest BCUT2D eigenvalue weighted by atomic mass is 9.84. The van der Waals surface area contributed by atoms with Crippen LogP contribution in [0.1, 0.15) is 0 Å². The fourth-order valence-corrected chi connectivity index (χ4v) is 9.29. The molecule has 2 aromatic heterocycles. The normalized spacial score (nSPS) is 11.7. The maximum absolute atomic E-state index is 5.29. The van der Waals surface area contributed by atoms with Crippen molar-refractivity contribution in [2.24, 2.45) is 0 Å². The van der Waals surface area contributed by atoms with Crippen LogP contribution in [0, 0.1) is 0 Å². The molecule has 2 heterocycles. The number of hydrogen-bond acceptors (Lipinski definition) is 2. The van der Waals surface area contributed by atoms with Crippen molar-refractivity contribution in [1.29, 1.82) is 0 Å². The highest BCUT2D eigenvalue weighted by Crippen LogP contribution is 2.48. The first-order chi connectivity index (χ1) is 29.8. The summed E-state index contributed by atoms with van der Waals surface area (Å²) in [4.78, 5) is 10.6. The molecule has 0 atom stereocenters. The van der Waals surface area contributed by atoms with Crippen LogP contribution in [-0.2, 0) is 0 Å². The van der Waals surface area contributed by atoms with Crippen molar-refractivity contribution in [3.63, 3.8) is 0 Å². The molecule has 10 aromatic carbocycles. The molecule has 0 unspecified atom stereocenters. The number of rotatable bonds is 6. The molecule has 12 rings (SSSR count). The SMILES string of the molecule is c1ccc(-c2ccc3ccccc3c2-c2c3cccc(-n4c(-c5ccccc5)nc5ccccc54)c3cc3c(-n4c(-c5ccccc5)nc5ccccc54)cccc23)cc1. The third-order valence-electron chi connectivity index (χ3n) is 11.9. The Morgan fingerprint density at radius 3 is 1.30 bits per heavy atom. The van der Waals surface area contributed by atoms with Gasteiger partial charge in [0.25, 0.3) is 0 Å². The van der Waals surface area contributed by atoms with Gasteiger partial charge in [-0.1, -0.05) is 176 Å².